The molecule has 75 heavy (non-hydrogen) atoms. The molecule has 1 saturated heterocycles. The van der Waals surface area contributed by atoms with E-state index < -0.39 is 65.9 Å². The summed E-state index contributed by atoms with van der Waals surface area (Å²) in [6.07, 6.45) is 4.17. The number of aromatic amines is 1. The van der Waals surface area contributed by atoms with E-state index in [-0.39, 0.29) is 43.9 Å². The van der Waals surface area contributed by atoms with Crippen LogP contribution >= 0.6 is 23.5 Å². The van der Waals surface area contributed by atoms with Gasteiger partial charge in [-0.2, -0.15) is 8.62 Å². The van der Waals surface area contributed by atoms with Crippen LogP contribution < -0.4 is 31.7 Å². The van der Waals surface area contributed by atoms with E-state index >= 15 is 0 Å². The van der Waals surface area contributed by atoms with Crippen LogP contribution in [0.4, 0.5) is 4.79 Å². The molecule has 0 radical (unpaired) electrons. The number of carbonyl (C=O) groups is 2. The number of phosphoric acid groups is 3. The molecule has 3 aromatic carbocycles. The normalized spacial score (nSPS) is 17.9. The summed E-state index contributed by atoms with van der Waals surface area (Å²) in [7, 11) is -16.9. The zero-order valence-electron chi connectivity index (χ0n) is 42.0. The highest BCUT2D eigenvalue weighted by Crippen LogP contribution is 2.66. The van der Waals surface area contributed by atoms with Crippen LogP contribution in [0.25, 0.3) is 11.6 Å². The monoisotopic (exact) mass is 1100 g/mol. The number of aryl methyl sites for hydroxylation is 4. The van der Waals surface area contributed by atoms with Crippen LogP contribution in [-0.4, -0.2) is 79.6 Å². The lowest BCUT2D eigenvalue weighted by Gasteiger charge is -2.24. The molecule has 3 heterocycles. The third-order valence-corrected chi connectivity index (χ3v) is 15.7. The SMILES string of the molecule is C=CCOC1C[C@H](n2cc(C#CCNC(=O)OCC(=C)CCCC(=O)c3ccc(C)c(C4=c5cc(C)/c(=C\CC)cc5Oc5cc(CCC)c(C)cc54)c3)c(=O)[nH]c2=O)O[C@@H]1COP(=O)(O)OP(=O)(O)OP(=O)(O)O. The molecular formula is C51H60N3O18P3. The van der Waals surface area contributed by atoms with Gasteiger partial charge in [0.2, 0.25) is 0 Å². The van der Waals surface area contributed by atoms with Gasteiger partial charge < -0.3 is 43.8 Å². The highest BCUT2D eigenvalue weighted by atomic mass is 31.3. The van der Waals surface area contributed by atoms with Gasteiger partial charge in [-0.1, -0.05) is 63.0 Å². The molecule has 402 valence electrons. The molecule has 6 rings (SSSR count). The summed E-state index contributed by atoms with van der Waals surface area (Å²) >= 11 is 0. The molecule has 1 aromatic heterocycles. The molecule has 2 aliphatic rings. The Morgan fingerprint density at radius 2 is 1.71 bits per heavy atom. The van der Waals surface area contributed by atoms with Gasteiger partial charge in [0.25, 0.3) is 5.56 Å². The van der Waals surface area contributed by atoms with Gasteiger partial charge in [-0.3, -0.25) is 23.7 Å². The standard InChI is InChI=1S/C51H60N3O18P3/c1-8-13-35-25-43-40(22-33(35)6)48(41-23-34(7)36(14-9-2)26-44(41)69-43)39-24-37(19-18-32(39)5)42(55)17-11-15-31(4)29-67-51(58)52-20-12-16-38-28-54(50(57)53-49(38)56)47-27-45(66-21-10-3)46(70-47)30-68-74(62,63)72-75(64,65)71-73(59,60)61/h10,13,18-19,22-26,28,45-47H,3-4,8-9,11,14-15,17,20-21,27,29-30H2,1-2,5-7H3,(H,52,58)(H,62,63)(H,64,65)(H,53,56,57)(H2,59,60,61)/b35-13-/t45?,46-,47-/m1/s1. The van der Waals surface area contributed by atoms with Crippen molar-refractivity contribution in [1.29, 1.82) is 0 Å². The molecule has 6 N–H and O–H groups in total. The van der Waals surface area contributed by atoms with Gasteiger partial charge in [-0.05, 0) is 115 Å². The van der Waals surface area contributed by atoms with Gasteiger partial charge in [0, 0.05) is 41.0 Å². The Labute approximate surface area is 432 Å². The molecule has 5 atom stereocenters. The maximum absolute atomic E-state index is 13.7. The van der Waals surface area contributed by atoms with E-state index in [2.05, 4.69) is 102 Å². The Kier molecular flexibility index (Phi) is 19.8. The van der Waals surface area contributed by atoms with Crippen LogP contribution in [0, 0.1) is 32.6 Å². The van der Waals surface area contributed by atoms with Crippen LogP contribution in [0.1, 0.15) is 108 Å². The fraction of sp³-hybridized carbons (Fsp3) is 0.373. The minimum Gasteiger partial charge on any atom is -0.456 e. The fourth-order valence-corrected chi connectivity index (χ4v) is 11.5. The van der Waals surface area contributed by atoms with Gasteiger partial charge in [0.1, 0.15) is 36.0 Å². The van der Waals surface area contributed by atoms with Crippen LogP contribution in [0.15, 0.2) is 83.1 Å². The summed E-state index contributed by atoms with van der Waals surface area (Å²) in [5.74, 6) is 6.67. The Balaban J connectivity index is 1.03. The van der Waals surface area contributed by atoms with Crippen molar-refractivity contribution in [3.05, 3.63) is 149 Å². The molecule has 21 nitrogen and oxygen atoms in total. The number of nitrogens with zero attached hydrogens (tertiary/aromatic N) is 1. The minimum atomic E-state index is -5.79. The van der Waals surface area contributed by atoms with Crippen LogP contribution in [0.2, 0.25) is 0 Å². The number of amides is 1. The Morgan fingerprint density at radius 3 is 2.41 bits per heavy atom. The first-order chi connectivity index (χ1) is 35.4. The van der Waals surface area contributed by atoms with Gasteiger partial charge >= 0.3 is 35.3 Å². The molecule has 24 heteroatoms. The number of rotatable bonds is 23. The number of carbonyl (C=O) groups excluding carboxylic acids is 2. The summed E-state index contributed by atoms with van der Waals surface area (Å²) in [4.78, 5) is 90.8. The third-order valence-electron chi connectivity index (χ3n) is 11.9. The number of hydrogen-bond acceptors (Lipinski definition) is 14. The predicted molar refractivity (Wildman–Crippen MR) is 276 cm³/mol. The number of benzene rings is 3. The number of ether oxygens (including phenoxy) is 4. The quantitative estimate of drug-likeness (QED) is 0.0169. The lowest BCUT2D eigenvalue weighted by Crippen LogP contribution is -2.34. The molecule has 0 aliphatic carbocycles. The van der Waals surface area contributed by atoms with Crippen molar-refractivity contribution in [3.63, 3.8) is 0 Å². The zero-order chi connectivity index (χ0) is 54.8. The van der Waals surface area contributed by atoms with Crippen molar-refractivity contribution in [1.82, 2.24) is 14.9 Å². The molecular weight excluding hydrogens is 1040 g/mol. The van der Waals surface area contributed by atoms with Crippen molar-refractivity contribution >= 4 is 47.0 Å². The van der Waals surface area contributed by atoms with Gasteiger partial charge in [0.15, 0.2) is 5.78 Å². The highest BCUT2D eigenvalue weighted by molar-refractivity contribution is 7.66. The van der Waals surface area contributed by atoms with Gasteiger partial charge in [0.05, 0.1) is 25.9 Å². The molecule has 4 aromatic rings. The first-order valence-electron chi connectivity index (χ1n) is 23.8. The van der Waals surface area contributed by atoms with Crippen LogP contribution in [0.5, 0.6) is 11.5 Å². The lowest BCUT2D eigenvalue weighted by atomic mass is 9.86. The second-order valence-corrected chi connectivity index (χ2v) is 22.1. The van der Waals surface area contributed by atoms with E-state index in [1.54, 1.807) is 0 Å². The summed E-state index contributed by atoms with van der Waals surface area (Å²) < 4.78 is 71.5. The summed E-state index contributed by atoms with van der Waals surface area (Å²) in [5.41, 5.74) is 6.63. The highest BCUT2D eigenvalue weighted by Gasteiger charge is 2.43. The first-order valence-corrected chi connectivity index (χ1v) is 28.3. The molecule has 3 unspecified atom stereocenters. The van der Waals surface area contributed by atoms with E-state index in [4.69, 9.17) is 33.3 Å². The van der Waals surface area contributed by atoms with E-state index in [0.717, 1.165) is 79.8 Å². The van der Waals surface area contributed by atoms with Crippen molar-refractivity contribution in [2.75, 3.05) is 26.4 Å². The molecule has 1 fully saturated rings. The Morgan fingerprint density at radius 1 is 0.947 bits per heavy atom. The summed E-state index contributed by atoms with van der Waals surface area (Å²) in [5, 5.41) is 4.53. The second-order valence-electron chi connectivity index (χ2n) is 17.7. The minimum absolute atomic E-state index is 0.0449. The van der Waals surface area contributed by atoms with E-state index in [1.165, 1.54) is 17.2 Å². The average molecular weight is 1100 g/mol. The molecule has 1 amide bonds. The Bertz CT molecular complexity index is 3330. The summed E-state index contributed by atoms with van der Waals surface area (Å²) in [6, 6.07) is 14.4. The van der Waals surface area contributed by atoms with Crippen molar-refractivity contribution in [3.8, 4) is 23.3 Å². The van der Waals surface area contributed by atoms with Gasteiger partial charge in [-0.25, -0.2) is 23.3 Å². The molecule has 0 bridgehead atoms. The first kappa shape index (κ1) is 58.5. The largest absolute Gasteiger partial charge is 0.490 e. The van der Waals surface area contributed by atoms with Crippen molar-refractivity contribution < 1.29 is 75.0 Å². The number of ketones is 1. The topological polar surface area (TPSA) is 298 Å². The maximum Gasteiger partial charge on any atom is 0.490 e. The average Bonchev–Trinajstić information content (AvgIpc) is 3.73. The molecule has 0 spiro atoms. The molecule has 0 saturated carbocycles. The zero-order valence-corrected chi connectivity index (χ0v) is 44.7. The van der Waals surface area contributed by atoms with E-state index in [0.29, 0.717) is 24.0 Å². The van der Waals surface area contributed by atoms with E-state index in [1.807, 2.05) is 25.1 Å². The van der Waals surface area contributed by atoms with Gasteiger partial charge in [-0.15, -0.1) is 6.58 Å². The summed E-state index contributed by atoms with van der Waals surface area (Å²) in [6.45, 7) is 16.7. The number of alkyl carbamates (subject to hydrolysis) is 1. The number of phosphoric ester groups is 1. The Hall–Kier alpha value is -5.81. The number of Topliss-reactive ketones (excluding diaryl/α,β-unsaturated/α-hetero) is 1. The number of fused-ring (bicyclic) bond motifs is 2. The fourth-order valence-electron chi connectivity index (χ4n) is 8.43. The third kappa shape index (κ3) is 15.9. The van der Waals surface area contributed by atoms with Crippen molar-refractivity contribution in [2.45, 2.75) is 98.0 Å². The second kappa shape index (κ2) is 25.4. The van der Waals surface area contributed by atoms with Crippen LogP contribution in [-0.2, 0) is 47.5 Å². The van der Waals surface area contributed by atoms with E-state index in [9.17, 15) is 42.7 Å². The number of hydrogen-bond donors (Lipinski definition) is 6. The van der Waals surface area contributed by atoms with Crippen LogP contribution in [0.3, 0.4) is 0 Å². The smallest absolute Gasteiger partial charge is 0.456 e. The molecule has 2 aliphatic heterocycles. The maximum atomic E-state index is 13.7. The van der Waals surface area contributed by atoms with Crippen molar-refractivity contribution in [2.24, 2.45) is 0 Å². The lowest BCUT2D eigenvalue weighted by molar-refractivity contribution is -0.0571. The number of nitrogens with one attached hydrogen (secondary N) is 2. The predicted octanol–water partition coefficient (Wildman–Crippen LogP) is 6.85. The number of H-pyrrole nitrogens is 1. The number of aromatic nitrogens is 2.